The zero-order chi connectivity index (χ0) is 21.0. The SMILES string of the molecule is COC1=CC2=c3cc(OC)c(OC)cc3=C3CC4CCCN4CC3(C)C2C=C1OC. The highest BCUT2D eigenvalue weighted by molar-refractivity contribution is 5.76. The van der Waals surface area contributed by atoms with Gasteiger partial charge in [0.1, 0.15) is 0 Å². The molecule has 3 unspecified atom stereocenters. The third kappa shape index (κ3) is 2.64. The number of hydrogen-bond donors (Lipinski definition) is 0. The molecule has 0 N–H and O–H groups in total. The predicted molar refractivity (Wildman–Crippen MR) is 117 cm³/mol. The van der Waals surface area contributed by atoms with E-state index in [0.717, 1.165) is 36.0 Å². The van der Waals surface area contributed by atoms with Crippen LogP contribution in [0.4, 0.5) is 0 Å². The molecular formula is C25H31NO4. The molecule has 2 saturated heterocycles. The topological polar surface area (TPSA) is 40.2 Å². The molecule has 4 aliphatic rings. The molecule has 0 spiro atoms. The summed E-state index contributed by atoms with van der Waals surface area (Å²) in [6.45, 7) is 4.70. The van der Waals surface area contributed by atoms with Crippen molar-refractivity contribution in [3.63, 3.8) is 0 Å². The molecule has 0 radical (unpaired) electrons. The summed E-state index contributed by atoms with van der Waals surface area (Å²) < 4.78 is 22.7. The third-order valence-corrected chi connectivity index (χ3v) is 7.63. The van der Waals surface area contributed by atoms with E-state index in [0.29, 0.717) is 6.04 Å². The van der Waals surface area contributed by atoms with Crippen molar-refractivity contribution in [3.8, 4) is 11.5 Å². The standard InChI is InChI=1S/C25H31NO4/c1-25-14-26-8-6-7-15(26)9-19(25)17-11-22(28-3)21(27-2)10-16(17)18-12-23(29-4)24(30-5)13-20(18)25/h10-13,15,20H,6-9,14H2,1-5H3. The smallest absolute Gasteiger partial charge is 0.161 e. The van der Waals surface area contributed by atoms with Crippen molar-refractivity contribution < 1.29 is 18.9 Å². The first-order chi connectivity index (χ1) is 14.5. The molecule has 0 amide bonds. The second-order valence-corrected chi connectivity index (χ2v) is 9.00. The van der Waals surface area contributed by atoms with E-state index in [2.05, 4.69) is 36.1 Å². The molecule has 0 saturated carbocycles. The quantitative estimate of drug-likeness (QED) is 0.765. The molecule has 160 valence electrons. The lowest BCUT2D eigenvalue weighted by atomic mass is 9.60. The van der Waals surface area contributed by atoms with Gasteiger partial charge in [0.05, 0.1) is 28.4 Å². The Balaban J connectivity index is 1.86. The Morgan fingerprint density at radius 3 is 2.30 bits per heavy atom. The molecule has 2 aliphatic heterocycles. The van der Waals surface area contributed by atoms with E-state index >= 15 is 0 Å². The Hall–Kier alpha value is -2.40. The number of ether oxygens (including phenoxy) is 4. The normalized spacial score (nSPS) is 29.8. The zero-order valence-corrected chi connectivity index (χ0v) is 18.6. The van der Waals surface area contributed by atoms with Gasteiger partial charge in [0.15, 0.2) is 23.0 Å². The summed E-state index contributed by atoms with van der Waals surface area (Å²) in [4.78, 5) is 2.70. The van der Waals surface area contributed by atoms with Crippen molar-refractivity contribution >= 4 is 11.1 Å². The van der Waals surface area contributed by atoms with Crippen LogP contribution in [0.15, 0.2) is 35.8 Å². The molecule has 5 nitrogen and oxygen atoms in total. The van der Waals surface area contributed by atoms with Gasteiger partial charge in [-0.2, -0.15) is 0 Å². The minimum Gasteiger partial charge on any atom is -0.493 e. The summed E-state index contributed by atoms with van der Waals surface area (Å²) in [6, 6.07) is 4.97. The summed E-state index contributed by atoms with van der Waals surface area (Å²) in [5.41, 5.74) is 2.81. The van der Waals surface area contributed by atoms with E-state index in [1.807, 2.05) is 0 Å². The van der Waals surface area contributed by atoms with Gasteiger partial charge in [0.25, 0.3) is 0 Å². The van der Waals surface area contributed by atoms with Gasteiger partial charge in [0.2, 0.25) is 0 Å². The number of methoxy groups -OCH3 is 4. The Labute approximate surface area is 178 Å². The largest absolute Gasteiger partial charge is 0.493 e. The average molecular weight is 410 g/mol. The highest BCUT2D eigenvalue weighted by Crippen LogP contribution is 2.52. The Morgan fingerprint density at radius 2 is 1.63 bits per heavy atom. The minimum absolute atomic E-state index is 0.00231. The lowest BCUT2D eigenvalue weighted by molar-refractivity contribution is 0.135. The summed E-state index contributed by atoms with van der Waals surface area (Å²) in [6.07, 6.45) is 8.12. The van der Waals surface area contributed by atoms with Crippen LogP contribution in [0.2, 0.25) is 0 Å². The first-order valence-corrected chi connectivity index (χ1v) is 10.8. The molecule has 0 bridgehead atoms. The number of fused-ring (bicyclic) bond motifs is 5. The Morgan fingerprint density at radius 1 is 0.933 bits per heavy atom. The van der Waals surface area contributed by atoms with Crippen LogP contribution in [0.5, 0.6) is 11.5 Å². The summed E-state index contributed by atoms with van der Waals surface area (Å²) in [7, 11) is 6.83. The number of rotatable bonds is 4. The van der Waals surface area contributed by atoms with Crippen molar-refractivity contribution in [2.45, 2.75) is 32.2 Å². The number of allylic oxidation sites excluding steroid dienone is 2. The molecule has 5 rings (SSSR count). The van der Waals surface area contributed by atoms with Crippen LogP contribution in [0.1, 0.15) is 26.2 Å². The van der Waals surface area contributed by atoms with Crippen LogP contribution in [-0.2, 0) is 9.47 Å². The monoisotopic (exact) mass is 409 g/mol. The van der Waals surface area contributed by atoms with Crippen LogP contribution in [0.3, 0.4) is 0 Å². The fourth-order valence-corrected chi connectivity index (χ4v) is 6.12. The summed E-state index contributed by atoms with van der Waals surface area (Å²) in [5, 5.41) is 2.52. The van der Waals surface area contributed by atoms with Gasteiger partial charge >= 0.3 is 0 Å². The fraction of sp³-hybridized carbons (Fsp3) is 0.520. The molecule has 5 heteroatoms. The lowest BCUT2D eigenvalue weighted by Gasteiger charge is -2.50. The predicted octanol–water partition coefficient (Wildman–Crippen LogP) is 2.58. The lowest BCUT2D eigenvalue weighted by Crippen LogP contribution is -2.55. The van der Waals surface area contributed by atoms with Gasteiger partial charge in [-0.15, -0.1) is 0 Å². The number of hydrogen-bond acceptors (Lipinski definition) is 5. The highest BCUT2D eigenvalue weighted by atomic mass is 16.5. The third-order valence-electron chi connectivity index (χ3n) is 7.63. The molecule has 2 aliphatic carbocycles. The van der Waals surface area contributed by atoms with E-state index in [-0.39, 0.29) is 11.3 Å². The van der Waals surface area contributed by atoms with Crippen LogP contribution >= 0.6 is 0 Å². The van der Waals surface area contributed by atoms with Gasteiger partial charge < -0.3 is 18.9 Å². The first kappa shape index (κ1) is 19.6. The van der Waals surface area contributed by atoms with E-state index in [4.69, 9.17) is 18.9 Å². The molecule has 30 heavy (non-hydrogen) atoms. The minimum atomic E-state index is 0.00231. The molecule has 2 heterocycles. The van der Waals surface area contributed by atoms with Gasteiger partial charge in [0, 0.05) is 23.9 Å². The zero-order valence-electron chi connectivity index (χ0n) is 18.6. The van der Waals surface area contributed by atoms with Gasteiger partial charge in [-0.3, -0.25) is 4.90 Å². The molecule has 3 atom stereocenters. The Bertz CT molecular complexity index is 1070. The van der Waals surface area contributed by atoms with Gasteiger partial charge in [-0.25, -0.2) is 0 Å². The number of benzene rings is 1. The second-order valence-electron chi connectivity index (χ2n) is 9.00. The van der Waals surface area contributed by atoms with Crippen LogP contribution in [-0.4, -0.2) is 52.5 Å². The van der Waals surface area contributed by atoms with Crippen molar-refractivity contribution in [2.75, 3.05) is 41.5 Å². The highest BCUT2D eigenvalue weighted by Gasteiger charge is 2.49. The molecule has 0 aromatic heterocycles. The number of nitrogens with zero attached hydrogens (tertiary/aromatic N) is 1. The van der Waals surface area contributed by atoms with Crippen molar-refractivity contribution in [1.29, 1.82) is 0 Å². The maximum atomic E-state index is 5.71. The van der Waals surface area contributed by atoms with Crippen molar-refractivity contribution in [2.24, 2.45) is 11.3 Å². The second kappa shape index (κ2) is 7.09. The molecule has 1 aromatic rings. The summed E-state index contributed by atoms with van der Waals surface area (Å²) >= 11 is 0. The van der Waals surface area contributed by atoms with Crippen LogP contribution < -0.4 is 19.9 Å². The van der Waals surface area contributed by atoms with Crippen molar-refractivity contribution in [1.82, 2.24) is 4.90 Å². The first-order valence-electron chi connectivity index (χ1n) is 10.8. The average Bonchev–Trinajstić information content (AvgIpc) is 3.22. The maximum Gasteiger partial charge on any atom is 0.161 e. The number of piperidine rings is 1. The molecule has 1 aromatic carbocycles. The molecule has 2 fully saturated rings. The Kier molecular flexibility index (Phi) is 4.62. The van der Waals surface area contributed by atoms with Crippen LogP contribution in [0, 0.1) is 11.3 Å². The molecular weight excluding hydrogens is 378 g/mol. The van der Waals surface area contributed by atoms with E-state index in [9.17, 15) is 0 Å². The van der Waals surface area contributed by atoms with Crippen LogP contribution in [0.25, 0.3) is 11.1 Å². The van der Waals surface area contributed by atoms with Crippen molar-refractivity contribution in [3.05, 3.63) is 46.2 Å². The summed E-state index contributed by atoms with van der Waals surface area (Å²) in [5.74, 6) is 3.37. The van der Waals surface area contributed by atoms with E-state index in [1.165, 1.54) is 41.0 Å². The van der Waals surface area contributed by atoms with E-state index in [1.54, 1.807) is 28.4 Å². The maximum absolute atomic E-state index is 5.71. The van der Waals surface area contributed by atoms with E-state index < -0.39 is 0 Å². The van der Waals surface area contributed by atoms with Gasteiger partial charge in [-0.1, -0.05) is 12.5 Å². The van der Waals surface area contributed by atoms with Gasteiger partial charge in [-0.05, 0) is 66.1 Å². The fourth-order valence-electron chi connectivity index (χ4n) is 6.12.